The Morgan fingerprint density at radius 2 is 2.11 bits per heavy atom. The van der Waals surface area contributed by atoms with Gasteiger partial charge >= 0.3 is 0 Å². The number of aromatic amines is 1. The lowest BCUT2D eigenvalue weighted by atomic mass is 10.2. The molecule has 2 N–H and O–H groups in total. The summed E-state index contributed by atoms with van der Waals surface area (Å²) in [6, 6.07) is 5.01. The van der Waals surface area contributed by atoms with Crippen molar-refractivity contribution in [2.75, 3.05) is 4.72 Å². The molecule has 0 fully saturated rings. The van der Waals surface area contributed by atoms with E-state index in [1.807, 2.05) is 0 Å². The summed E-state index contributed by atoms with van der Waals surface area (Å²) in [5, 5.41) is 16.7. The van der Waals surface area contributed by atoms with Gasteiger partial charge in [0.15, 0.2) is 0 Å². The van der Waals surface area contributed by atoms with Crippen LogP contribution in [0.25, 0.3) is 0 Å². The quantitative estimate of drug-likeness (QED) is 0.649. The summed E-state index contributed by atoms with van der Waals surface area (Å²) in [5.41, 5.74) is 0.138. The van der Waals surface area contributed by atoms with Crippen LogP contribution in [-0.4, -0.2) is 23.5 Å². The van der Waals surface area contributed by atoms with Crippen LogP contribution in [0.2, 0.25) is 0 Å². The lowest BCUT2D eigenvalue weighted by Crippen LogP contribution is -2.14. The van der Waals surface area contributed by atoms with Gasteiger partial charge in [-0.2, -0.15) is 5.10 Å². The molecule has 1 heterocycles. The number of H-pyrrole nitrogens is 1. The van der Waals surface area contributed by atoms with Crippen molar-refractivity contribution in [1.82, 2.24) is 10.2 Å². The number of nitrogens with one attached hydrogen (secondary N) is 2. The number of aromatic nitrogens is 2. The molecule has 19 heavy (non-hydrogen) atoms. The van der Waals surface area contributed by atoms with Crippen molar-refractivity contribution in [1.29, 1.82) is 0 Å². The van der Waals surface area contributed by atoms with Crippen LogP contribution >= 0.6 is 0 Å². The second kappa shape index (κ2) is 4.69. The van der Waals surface area contributed by atoms with Crippen LogP contribution in [0.5, 0.6) is 0 Å². The normalized spacial score (nSPS) is 11.2. The van der Waals surface area contributed by atoms with E-state index in [2.05, 4.69) is 14.9 Å². The fraction of sp³-hybridized carbons (Fsp3) is 0.100. The Bertz CT molecular complexity index is 709. The molecule has 2 rings (SSSR count). The molecule has 9 heteroatoms. The van der Waals surface area contributed by atoms with E-state index in [0.717, 1.165) is 6.07 Å². The number of hydrogen-bond acceptors (Lipinski definition) is 5. The van der Waals surface area contributed by atoms with Crippen molar-refractivity contribution >= 4 is 21.5 Å². The predicted octanol–water partition coefficient (Wildman–Crippen LogP) is 1.43. The third kappa shape index (κ3) is 2.71. The van der Waals surface area contributed by atoms with Gasteiger partial charge in [0.25, 0.3) is 15.7 Å². The van der Waals surface area contributed by atoms with E-state index >= 15 is 0 Å². The average Bonchev–Trinajstić information content (AvgIpc) is 2.80. The standard InChI is InChI=1S/C10H10N4O4S/c1-7-6-8(14(15)16)2-3-9(7)19(17,18)13-10-4-5-11-12-10/h2-6H,1H3,(H2,11,12,13). The first-order chi connectivity index (χ1) is 8.90. The molecule has 1 aromatic heterocycles. The topological polar surface area (TPSA) is 118 Å². The number of hydrogen-bond donors (Lipinski definition) is 2. The Balaban J connectivity index is 2.38. The third-order valence-electron chi connectivity index (χ3n) is 2.40. The second-order valence-corrected chi connectivity index (χ2v) is 5.43. The molecule has 0 amide bonds. The predicted molar refractivity (Wildman–Crippen MR) is 67.2 cm³/mol. The zero-order chi connectivity index (χ0) is 14.0. The fourth-order valence-corrected chi connectivity index (χ4v) is 2.80. The molecular weight excluding hydrogens is 272 g/mol. The molecule has 0 bridgehead atoms. The number of nitro groups is 1. The lowest BCUT2D eigenvalue weighted by Gasteiger charge is -2.08. The molecule has 2 aromatic rings. The van der Waals surface area contributed by atoms with Crippen molar-refractivity contribution < 1.29 is 13.3 Å². The van der Waals surface area contributed by atoms with E-state index in [0.29, 0.717) is 5.56 Å². The smallest absolute Gasteiger partial charge is 0.264 e. The van der Waals surface area contributed by atoms with Crippen LogP contribution in [-0.2, 0) is 10.0 Å². The summed E-state index contributed by atoms with van der Waals surface area (Å²) < 4.78 is 26.4. The van der Waals surface area contributed by atoms with Gasteiger partial charge in [0.05, 0.1) is 16.0 Å². The van der Waals surface area contributed by atoms with Crippen molar-refractivity contribution in [3.8, 4) is 0 Å². The Labute approximate surface area is 108 Å². The Kier molecular flexibility index (Phi) is 3.21. The highest BCUT2D eigenvalue weighted by Gasteiger charge is 2.19. The average molecular weight is 282 g/mol. The molecule has 0 unspecified atom stereocenters. The van der Waals surface area contributed by atoms with Gasteiger partial charge in [-0.3, -0.25) is 19.9 Å². The van der Waals surface area contributed by atoms with Crippen molar-refractivity contribution in [2.45, 2.75) is 11.8 Å². The van der Waals surface area contributed by atoms with Gasteiger partial charge in [0.2, 0.25) is 0 Å². The van der Waals surface area contributed by atoms with Crippen LogP contribution in [0.1, 0.15) is 5.56 Å². The number of rotatable bonds is 4. The van der Waals surface area contributed by atoms with E-state index < -0.39 is 14.9 Å². The van der Waals surface area contributed by atoms with E-state index in [-0.39, 0.29) is 16.4 Å². The zero-order valence-electron chi connectivity index (χ0n) is 9.82. The van der Waals surface area contributed by atoms with E-state index in [9.17, 15) is 18.5 Å². The minimum absolute atomic E-state index is 0.0206. The van der Waals surface area contributed by atoms with Gasteiger partial charge in [-0.15, -0.1) is 0 Å². The minimum atomic E-state index is -3.80. The Morgan fingerprint density at radius 1 is 1.37 bits per heavy atom. The maximum Gasteiger partial charge on any atom is 0.269 e. The van der Waals surface area contributed by atoms with Crippen LogP contribution < -0.4 is 4.72 Å². The first kappa shape index (κ1) is 13.0. The molecule has 8 nitrogen and oxygen atoms in total. The van der Waals surface area contributed by atoms with E-state index in [4.69, 9.17) is 0 Å². The number of sulfonamides is 1. The van der Waals surface area contributed by atoms with Gasteiger partial charge < -0.3 is 0 Å². The van der Waals surface area contributed by atoms with Crippen LogP contribution in [0.4, 0.5) is 11.5 Å². The molecule has 0 aliphatic carbocycles. The number of aryl methyl sites for hydroxylation is 1. The molecule has 0 aliphatic heterocycles. The summed E-state index contributed by atoms with van der Waals surface area (Å²) in [4.78, 5) is 10.00. The van der Waals surface area contributed by atoms with Gasteiger partial charge in [-0.25, -0.2) is 8.42 Å². The highest BCUT2D eigenvalue weighted by Crippen LogP contribution is 2.22. The molecule has 0 aliphatic rings. The summed E-state index contributed by atoms with van der Waals surface area (Å²) >= 11 is 0. The molecular formula is C10H10N4O4S. The van der Waals surface area contributed by atoms with Crippen molar-refractivity contribution in [2.24, 2.45) is 0 Å². The maximum absolute atomic E-state index is 12.1. The molecule has 0 saturated carbocycles. The number of non-ortho nitro benzene ring substituents is 1. The fourth-order valence-electron chi connectivity index (χ4n) is 1.56. The summed E-state index contributed by atoms with van der Waals surface area (Å²) in [7, 11) is -3.80. The molecule has 0 radical (unpaired) electrons. The zero-order valence-corrected chi connectivity index (χ0v) is 10.6. The number of nitrogens with zero attached hydrogens (tertiary/aromatic N) is 2. The molecule has 0 saturated heterocycles. The van der Waals surface area contributed by atoms with E-state index in [1.165, 1.54) is 31.3 Å². The summed E-state index contributed by atoms with van der Waals surface area (Å²) in [6.45, 7) is 1.49. The van der Waals surface area contributed by atoms with Gasteiger partial charge in [0, 0.05) is 18.2 Å². The van der Waals surface area contributed by atoms with Crippen LogP contribution in [0.3, 0.4) is 0 Å². The number of anilines is 1. The summed E-state index contributed by atoms with van der Waals surface area (Å²) in [6.07, 6.45) is 1.40. The van der Waals surface area contributed by atoms with Crippen molar-refractivity contribution in [3.05, 3.63) is 46.1 Å². The minimum Gasteiger partial charge on any atom is -0.264 e. The number of benzene rings is 1. The van der Waals surface area contributed by atoms with E-state index in [1.54, 1.807) is 0 Å². The lowest BCUT2D eigenvalue weighted by molar-refractivity contribution is -0.385. The SMILES string of the molecule is Cc1cc([N+](=O)[O-])ccc1S(=O)(=O)Nc1ccn[nH]1. The van der Waals surface area contributed by atoms with Gasteiger partial charge in [0.1, 0.15) is 5.82 Å². The molecule has 100 valence electrons. The first-order valence-corrected chi connectivity index (χ1v) is 6.66. The molecule has 1 aromatic carbocycles. The van der Waals surface area contributed by atoms with Crippen LogP contribution in [0.15, 0.2) is 35.4 Å². The largest absolute Gasteiger partial charge is 0.269 e. The highest BCUT2D eigenvalue weighted by atomic mass is 32.2. The maximum atomic E-state index is 12.1. The monoisotopic (exact) mass is 282 g/mol. The highest BCUT2D eigenvalue weighted by molar-refractivity contribution is 7.92. The second-order valence-electron chi connectivity index (χ2n) is 3.78. The van der Waals surface area contributed by atoms with Gasteiger partial charge in [-0.05, 0) is 18.6 Å². The van der Waals surface area contributed by atoms with Crippen LogP contribution in [0, 0.1) is 17.0 Å². The van der Waals surface area contributed by atoms with Crippen molar-refractivity contribution in [3.63, 3.8) is 0 Å². The summed E-state index contributed by atoms with van der Waals surface area (Å²) in [5.74, 6) is 0.220. The molecule has 0 spiro atoms. The molecule has 0 atom stereocenters. The number of nitro benzene ring substituents is 1. The first-order valence-electron chi connectivity index (χ1n) is 5.17. The van der Waals surface area contributed by atoms with Gasteiger partial charge in [-0.1, -0.05) is 0 Å². The Morgan fingerprint density at radius 3 is 2.63 bits per heavy atom. The third-order valence-corrected chi connectivity index (χ3v) is 3.93. The Hall–Kier alpha value is -2.42.